The van der Waals surface area contributed by atoms with Crippen LogP contribution in [0.2, 0.25) is 0 Å². The van der Waals surface area contributed by atoms with Crippen LogP contribution in [0.4, 0.5) is 0 Å². The molecule has 0 bridgehead atoms. The molecule has 21 heavy (non-hydrogen) atoms. The van der Waals surface area contributed by atoms with Crippen LogP contribution in [0, 0.1) is 11.8 Å². The van der Waals surface area contributed by atoms with E-state index in [1.807, 2.05) is 20.9 Å². The fourth-order valence-electron chi connectivity index (χ4n) is 2.78. The van der Waals surface area contributed by atoms with E-state index in [2.05, 4.69) is 15.5 Å². The molecule has 1 rings (SSSR count). The van der Waals surface area contributed by atoms with E-state index in [-0.39, 0.29) is 11.9 Å². The summed E-state index contributed by atoms with van der Waals surface area (Å²) in [6, 6.07) is -0.543. The van der Waals surface area contributed by atoms with Gasteiger partial charge in [-0.05, 0) is 44.8 Å². The smallest absolute Gasteiger partial charge is 0.328 e. The first-order valence-corrected chi connectivity index (χ1v) is 7.70. The lowest BCUT2D eigenvalue weighted by Gasteiger charge is -2.21. The Morgan fingerprint density at radius 1 is 1.38 bits per heavy atom. The highest BCUT2D eigenvalue weighted by Gasteiger charge is 2.26. The van der Waals surface area contributed by atoms with E-state index in [4.69, 9.17) is 4.74 Å². The minimum Gasteiger partial charge on any atom is -0.467 e. The van der Waals surface area contributed by atoms with Crippen LogP contribution in [-0.2, 0) is 14.3 Å². The monoisotopic (exact) mass is 299 g/mol. The van der Waals surface area contributed by atoms with Gasteiger partial charge in [0.1, 0.15) is 6.04 Å². The summed E-state index contributed by atoms with van der Waals surface area (Å²) >= 11 is 0. The molecule has 0 saturated carbocycles. The average molecular weight is 299 g/mol. The molecule has 0 aliphatic carbocycles. The highest BCUT2D eigenvalue weighted by molar-refractivity contribution is 5.85. The van der Waals surface area contributed by atoms with E-state index in [0.29, 0.717) is 24.8 Å². The van der Waals surface area contributed by atoms with Crippen molar-refractivity contribution in [3.63, 3.8) is 0 Å². The summed E-state index contributed by atoms with van der Waals surface area (Å²) in [5.41, 5.74) is 0. The molecule has 2 N–H and O–H groups in total. The van der Waals surface area contributed by atoms with Crippen LogP contribution in [0.5, 0.6) is 0 Å². The number of ether oxygens (including phenoxy) is 1. The van der Waals surface area contributed by atoms with Gasteiger partial charge in [0.2, 0.25) is 5.91 Å². The van der Waals surface area contributed by atoms with Gasteiger partial charge in [0.05, 0.1) is 13.7 Å². The number of nitrogens with zero attached hydrogens (tertiary/aromatic N) is 1. The van der Waals surface area contributed by atoms with Crippen LogP contribution < -0.4 is 10.6 Å². The van der Waals surface area contributed by atoms with E-state index in [0.717, 1.165) is 26.1 Å². The summed E-state index contributed by atoms with van der Waals surface area (Å²) in [7, 11) is 3.30. The van der Waals surface area contributed by atoms with Crippen molar-refractivity contribution < 1.29 is 14.3 Å². The van der Waals surface area contributed by atoms with Gasteiger partial charge in [-0.3, -0.25) is 9.69 Å². The Balaban J connectivity index is 2.41. The van der Waals surface area contributed by atoms with Gasteiger partial charge in [0.15, 0.2) is 0 Å². The molecular weight excluding hydrogens is 270 g/mol. The normalized spacial score (nSPS) is 20.5. The molecule has 2 unspecified atom stereocenters. The minimum absolute atomic E-state index is 0.101. The summed E-state index contributed by atoms with van der Waals surface area (Å²) in [6.45, 7) is 7.24. The van der Waals surface area contributed by atoms with Crippen molar-refractivity contribution in [2.75, 3.05) is 40.3 Å². The van der Waals surface area contributed by atoms with Gasteiger partial charge < -0.3 is 15.4 Å². The number of hydrogen-bond donors (Lipinski definition) is 2. The van der Waals surface area contributed by atoms with Crippen LogP contribution in [-0.4, -0.2) is 63.2 Å². The van der Waals surface area contributed by atoms with Gasteiger partial charge in [-0.2, -0.15) is 0 Å². The maximum Gasteiger partial charge on any atom is 0.328 e. The third kappa shape index (κ3) is 6.44. The molecule has 0 radical (unpaired) electrons. The molecule has 1 amide bonds. The summed E-state index contributed by atoms with van der Waals surface area (Å²) in [5.74, 6) is 0.457. The molecule has 6 nitrogen and oxygen atoms in total. The number of rotatable bonds is 8. The van der Waals surface area contributed by atoms with E-state index < -0.39 is 6.04 Å². The van der Waals surface area contributed by atoms with Crippen LogP contribution >= 0.6 is 0 Å². The van der Waals surface area contributed by atoms with Gasteiger partial charge >= 0.3 is 5.97 Å². The lowest BCUT2D eigenvalue weighted by Crippen LogP contribution is -2.46. The third-order valence-corrected chi connectivity index (χ3v) is 3.76. The zero-order valence-corrected chi connectivity index (χ0v) is 13.6. The quantitative estimate of drug-likeness (QED) is 0.628. The van der Waals surface area contributed by atoms with Gasteiger partial charge in [0.25, 0.3) is 0 Å². The highest BCUT2D eigenvalue weighted by Crippen LogP contribution is 2.14. The first-order chi connectivity index (χ1) is 9.96. The van der Waals surface area contributed by atoms with Crippen LogP contribution in [0.1, 0.15) is 26.7 Å². The molecule has 0 aromatic rings. The fraction of sp³-hybridized carbons (Fsp3) is 0.867. The Kier molecular flexibility index (Phi) is 7.67. The second-order valence-electron chi connectivity index (χ2n) is 6.22. The summed E-state index contributed by atoms with van der Waals surface area (Å²) in [4.78, 5) is 25.9. The predicted octanol–water partition coefficient (Wildman–Crippen LogP) is 0.232. The molecule has 1 heterocycles. The fourth-order valence-corrected chi connectivity index (χ4v) is 2.78. The van der Waals surface area contributed by atoms with E-state index in [1.54, 1.807) is 0 Å². The number of carbonyl (C=O) groups excluding carboxylic acids is 2. The zero-order chi connectivity index (χ0) is 15.8. The lowest BCUT2D eigenvalue weighted by molar-refractivity contribution is -0.145. The van der Waals surface area contributed by atoms with E-state index in [1.165, 1.54) is 7.11 Å². The largest absolute Gasteiger partial charge is 0.467 e. The molecule has 2 atom stereocenters. The predicted molar refractivity (Wildman–Crippen MR) is 81.9 cm³/mol. The third-order valence-electron chi connectivity index (χ3n) is 3.76. The maximum atomic E-state index is 12.1. The summed E-state index contributed by atoms with van der Waals surface area (Å²) in [6.07, 6.45) is 1.71. The lowest BCUT2D eigenvalue weighted by atomic mass is 10.0. The number of nitrogens with one attached hydrogen (secondary N) is 2. The molecule has 1 saturated heterocycles. The standard InChI is InChI=1S/C15H29N3O3/c1-11(2)7-13(15(20)21-4)17-14(19)10-18-6-5-12(9-18)8-16-3/h11-13,16H,5-10H2,1-4H3,(H,17,19). The molecule has 1 aliphatic heterocycles. The SMILES string of the molecule is CNCC1CCN(CC(=O)NC(CC(C)C)C(=O)OC)C1. The zero-order valence-electron chi connectivity index (χ0n) is 13.6. The molecule has 1 fully saturated rings. The molecule has 0 aromatic carbocycles. The number of esters is 1. The van der Waals surface area contributed by atoms with Gasteiger partial charge in [-0.25, -0.2) is 4.79 Å². The summed E-state index contributed by atoms with van der Waals surface area (Å²) < 4.78 is 4.76. The topological polar surface area (TPSA) is 70.7 Å². The first kappa shape index (κ1) is 17.9. The number of hydrogen-bond acceptors (Lipinski definition) is 5. The Labute approximate surface area is 127 Å². The Morgan fingerprint density at radius 2 is 2.10 bits per heavy atom. The Hall–Kier alpha value is -1.14. The van der Waals surface area contributed by atoms with Crippen molar-refractivity contribution in [3.8, 4) is 0 Å². The van der Waals surface area contributed by atoms with Crippen molar-refractivity contribution >= 4 is 11.9 Å². The number of likely N-dealkylation sites (tertiary alicyclic amines) is 1. The van der Waals surface area contributed by atoms with Crippen molar-refractivity contribution in [2.24, 2.45) is 11.8 Å². The molecule has 6 heteroatoms. The van der Waals surface area contributed by atoms with Gasteiger partial charge in [-0.15, -0.1) is 0 Å². The summed E-state index contributed by atoms with van der Waals surface area (Å²) in [5, 5.41) is 5.97. The molecule has 1 aliphatic rings. The number of amides is 1. The maximum absolute atomic E-state index is 12.1. The number of carbonyl (C=O) groups is 2. The second-order valence-corrected chi connectivity index (χ2v) is 6.22. The highest BCUT2D eigenvalue weighted by atomic mass is 16.5. The van der Waals surface area contributed by atoms with Gasteiger partial charge in [0, 0.05) is 6.54 Å². The van der Waals surface area contributed by atoms with E-state index >= 15 is 0 Å². The van der Waals surface area contributed by atoms with Crippen molar-refractivity contribution in [3.05, 3.63) is 0 Å². The van der Waals surface area contributed by atoms with Gasteiger partial charge in [-0.1, -0.05) is 13.8 Å². The van der Waals surface area contributed by atoms with Crippen molar-refractivity contribution in [1.29, 1.82) is 0 Å². The molecule has 0 spiro atoms. The Morgan fingerprint density at radius 3 is 2.67 bits per heavy atom. The van der Waals surface area contributed by atoms with Crippen molar-refractivity contribution in [2.45, 2.75) is 32.7 Å². The van der Waals surface area contributed by atoms with Crippen molar-refractivity contribution in [1.82, 2.24) is 15.5 Å². The molecular formula is C15H29N3O3. The second kappa shape index (κ2) is 9.00. The van der Waals surface area contributed by atoms with Crippen LogP contribution in [0.15, 0.2) is 0 Å². The van der Waals surface area contributed by atoms with Crippen LogP contribution in [0.3, 0.4) is 0 Å². The minimum atomic E-state index is -0.543. The molecule has 122 valence electrons. The number of methoxy groups -OCH3 is 1. The van der Waals surface area contributed by atoms with Crippen LogP contribution in [0.25, 0.3) is 0 Å². The Bertz CT molecular complexity index is 347. The first-order valence-electron chi connectivity index (χ1n) is 7.70. The molecule has 0 aromatic heterocycles. The average Bonchev–Trinajstić information content (AvgIpc) is 2.84. The van der Waals surface area contributed by atoms with E-state index in [9.17, 15) is 9.59 Å².